The van der Waals surface area contributed by atoms with Crippen LogP contribution in [0.1, 0.15) is 46.9 Å². The van der Waals surface area contributed by atoms with Crippen LogP contribution in [0.25, 0.3) is 93.6 Å². The third kappa shape index (κ3) is 5.41. The molecule has 0 amide bonds. The molecule has 12 aromatic rings. The maximum absolute atomic E-state index is 10.3. The summed E-state index contributed by atoms with van der Waals surface area (Å²) in [5.41, 5.74) is 7.41. The molecule has 0 spiro atoms. The van der Waals surface area contributed by atoms with Crippen molar-refractivity contribution in [2.45, 2.75) is 19.3 Å². The summed E-state index contributed by atoms with van der Waals surface area (Å²) < 4.78 is 154. The molecule has 0 atom stereocenters. The molecule has 10 aromatic carbocycles. The van der Waals surface area contributed by atoms with Crippen molar-refractivity contribution >= 4 is 71.6 Å². The minimum Gasteiger partial charge on any atom is -0.455 e. The number of furan rings is 1. The Hall–Kier alpha value is -8.14. The van der Waals surface area contributed by atoms with Gasteiger partial charge in [0.15, 0.2) is 0 Å². The highest BCUT2D eigenvalue weighted by atomic mass is 16.3. The van der Waals surface area contributed by atoms with Gasteiger partial charge in [0.1, 0.15) is 11.2 Å². The molecule has 13 rings (SSSR count). The maximum atomic E-state index is 10.3. The summed E-state index contributed by atoms with van der Waals surface area (Å²) >= 11 is 0. The Balaban J connectivity index is 1.10. The van der Waals surface area contributed by atoms with E-state index in [4.69, 9.17) is 16.8 Å². The summed E-state index contributed by atoms with van der Waals surface area (Å²) in [6.45, 7) is 4.43. The van der Waals surface area contributed by atoms with E-state index in [1.165, 1.54) is 11.1 Å². The first-order valence-corrected chi connectivity index (χ1v) is 20.9. The Kier molecular flexibility index (Phi) is 5.21. The molecule has 0 unspecified atom stereocenters. The minimum atomic E-state index is -0.748. The number of rotatable bonds is 6. The van der Waals surface area contributed by atoms with E-state index in [0.717, 1.165) is 38.2 Å². The van der Waals surface area contributed by atoms with Crippen LogP contribution in [0.4, 0.5) is 17.1 Å². The monoisotopic (exact) mass is 834 g/mol. The molecular weight excluding hydrogens is 777 g/mol. The van der Waals surface area contributed by atoms with Crippen LogP contribution in [0.2, 0.25) is 0 Å². The number of anilines is 3. The van der Waals surface area contributed by atoms with Gasteiger partial charge in [0.05, 0.1) is 38.7 Å². The first-order chi connectivity index (χ1) is 38.2. The number of fused-ring (bicyclic) bond motifs is 11. The molecule has 1 aliphatic carbocycles. The maximum Gasteiger partial charge on any atom is 0.143 e. The largest absolute Gasteiger partial charge is 0.455 e. The Labute approximate surface area is 394 Å². The van der Waals surface area contributed by atoms with Crippen LogP contribution in [0.15, 0.2) is 222 Å². The molecule has 2 heterocycles. The van der Waals surface area contributed by atoms with Crippen LogP contribution in [0, 0.1) is 0 Å². The second-order valence-electron chi connectivity index (χ2n) is 16.5. The van der Waals surface area contributed by atoms with Crippen molar-refractivity contribution in [2.24, 2.45) is 0 Å². The topological polar surface area (TPSA) is 21.3 Å². The average Bonchev–Trinajstić information content (AvgIpc) is 4.24. The highest BCUT2D eigenvalue weighted by Gasteiger charge is 2.35. The van der Waals surface area contributed by atoms with Crippen molar-refractivity contribution < 1.29 is 26.3 Å². The van der Waals surface area contributed by atoms with Gasteiger partial charge in [-0.05, 0) is 105 Å². The van der Waals surface area contributed by atoms with Crippen LogP contribution >= 0.6 is 0 Å². The van der Waals surface area contributed by atoms with Crippen molar-refractivity contribution in [3.05, 3.63) is 229 Å². The number of nitrogens with zero attached hydrogens (tertiary/aromatic N) is 2. The summed E-state index contributed by atoms with van der Waals surface area (Å²) in [4.78, 5) is 2.12. The van der Waals surface area contributed by atoms with Gasteiger partial charge in [-0.3, -0.25) is 0 Å². The zero-order valence-corrected chi connectivity index (χ0v) is 34.3. The predicted molar refractivity (Wildman–Crippen MR) is 269 cm³/mol. The van der Waals surface area contributed by atoms with Crippen molar-refractivity contribution in [1.29, 1.82) is 0 Å². The quantitative estimate of drug-likeness (QED) is 0.166. The highest BCUT2D eigenvalue weighted by Crippen LogP contribution is 2.51. The van der Waals surface area contributed by atoms with Gasteiger partial charge in [0.25, 0.3) is 0 Å². The normalized spacial score (nSPS) is 16.5. The number of hydrogen-bond donors (Lipinski definition) is 0. The summed E-state index contributed by atoms with van der Waals surface area (Å²) in [5, 5.41) is -1.58. The lowest BCUT2D eigenvalue weighted by atomic mass is 9.82. The van der Waals surface area contributed by atoms with Gasteiger partial charge in [-0.1, -0.05) is 171 Å². The fourth-order valence-corrected chi connectivity index (χ4v) is 9.63. The van der Waals surface area contributed by atoms with Crippen LogP contribution in [0.5, 0.6) is 0 Å². The molecule has 64 heavy (non-hydrogen) atoms. The lowest BCUT2D eigenvalue weighted by molar-refractivity contribution is 0.660. The molecule has 0 saturated carbocycles. The summed E-state index contributed by atoms with van der Waals surface area (Å²) in [6, 6.07) is 29.8. The van der Waals surface area contributed by atoms with E-state index in [2.05, 4.69) is 67.3 Å². The lowest BCUT2D eigenvalue weighted by Gasteiger charge is -2.28. The van der Waals surface area contributed by atoms with E-state index >= 15 is 0 Å². The fraction of sp³-hybridized carbons (Fsp3) is 0.0492. The van der Waals surface area contributed by atoms with E-state index in [9.17, 15) is 9.60 Å². The van der Waals surface area contributed by atoms with Crippen LogP contribution < -0.4 is 4.90 Å². The molecule has 0 N–H and O–H groups in total. The summed E-state index contributed by atoms with van der Waals surface area (Å²) in [5.74, 6) is 0. The molecule has 0 aliphatic heterocycles. The van der Waals surface area contributed by atoms with Crippen LogP contribution in [-0.4, -0.2) is 4.57 Å². The van der Waals surface area contributed by atoms with Gasteiger partial charge < -0.3 is 13.9 Å². The Morgan fingerprint density at radius 3 is 1.77 bits per heavy atom. The smallest absolute Gasteiger partial charge is 0.143 e. The van der Waals surface area contributed by atoms with Gasteiger partial charge in [-0.15, -0.1) is 0 Å². The lowest BCUT2D eigenvalue weighted by Crippen LogP contribution is -2.16. The number of aromatic nitrogens is 1. The van der Waals surface area contributed by atoms with Crippen molar-refractivity contribution in [1.82, 2.24) is 4.57 Å². The second-order valence-corrected chi connectivity index (χ2v) is 16.5. The van der Waals surface area contributed by atoms with Gasteiger partial charge in [-0.25, -0.2) is 0 Å². The zero-order valence-electron chi connectivity index (χ0n) is 50.3. The molecule has 0 bridgehead atoms. The number of para-hydroxylation sites is 2. The predicted octanol–water partition coefficient (Wildman–Crippen LogP) is 16.9. The van der Waals surface area contributed by atoms with E-state index in [0.29, 0.717) is 11.3 Å². The van der Waals surface area contributed by atoms with E-state index in [1.54, 1.807) is 12.1 Å². The van der Waals surface area contributed by atoms with E-state index in [1.807, 2.05) is 60.7 Å². The van der Waals surface area contributed by atoms with Crippen molar-refractivity contribution in [3.8, 4) is 39.1 Å². The zero-order chi connectivity index (χ0) is 56.4. The molecule has 0 fully saturated rings. The van der Waals surface area contributed by atoms with Gasteiger partial charge in [0, 0.05) is 54.8 Å². The highest BCUT2D eigenvalue weighted by molar-refractivity contribution is 6.22. The van der Waals surface area contributed by atoms with E-state index < -0.39 is 119 Å². The van der Waals surface area contributed by atoms with Gasteiger partial charge in [0.2, 0.25) is 0 Å². The number of benzene rings is 10. The second kappa shape index (κ2) is 13.9. The van der Waals surface area contributed by atoms with Crippen molar-refractivity contribution in [3.63, 3.8) is 0 Å². The Morgan fingerprint density at radius 2 is 1.05 bits per heavy atom. The first-order valence-electron chi connectivity index (χ1n) is 28.9. The van der Waals surface area contributed by atoms with Crippen LogP contribution in [0.3, 0.4) is 0 Å². The van der Waals surface area contributed by atoms with Crippen LogP contribution in [-0.2, 0) is 5.41 Å². The molecule has 3 heteroatoms. The molecular formula is C61H42N2O. The SMILES string of the molecule is [2H]c1c([2H])c(-c2ccc(N(c3ccc(-c4ccccc4)cc3)c3ccc4c(c3)C(C)(C)c3ccccc3-4)cc2)c2c(oc3c4c([2H])c([2H])c([2H])c([2H])c4c(-n4c5c([2H])c([2H])c([2H])c([2H])c5c5c([2H])c([2H])c([2H])c([2H])c54)c([2H])c32)c1[2H]. The Morgan fingerprint density at radius 1 is 0.469 bits per heavy atom. The molecule has 0 saturated heterocycles. The standard InChI is InChI=1S/C61H42N2O/c1-61(2)53-23-11-8-17-46(53)47-36-35-44(37-54(47)61)62(42-31-27-40(28-32-42)39-15-4-3-5-16-39)43-33-29-41(30-34-43)45-22-14-26-58-59(45)52-38-57(50-20-6-7-21-51(50)60(52)64-58)63-55-24-12-9-18-48(55)49-19-10-13-25-56(49)63/h3-38H,1-2H3/i6D,7D,9D,10D,12D,13D,14D,18D,19D,20D,21D,22D,24D,25D,26D,38D. The van der Waals surface area contributed by atoms with Gasteiger partial charge >= 0.3 is 0 Å². The number of hydrogen-bond acceptors (Lipinski definition) is 2. The molecule has 3 nitrogen and oxygen atoms in total. The minimum absolute atomic E-state index is 0.0350. The fourth-order valence-electron chi connectivity index (χ4n) is 9.63. The summed E-state index contributed by atoms with van der Waals surface area (Å²) in [7, 11) is 0. The average molecular weight is 835 g/mol. The summed E-state index contributed by atoms with van der Waals surface area (Å²) in [6.07, 6.45) is 0. The molecule has 0 radical (unpaired) electrons. The third-order valence-electron chi connectivity index (χ3n) is 12.6. The van der Waals surface area contributed by atoms with E-state index in [-0.39, 0.29) is 49.1 Å². The molecule has 1 aliphatic rings. The molecule has 2 aromatic heterocycles. The van der Waals surface area contributed by atoms with Crippen molar-refractivity contribution in [2.75, 3.05) is 4.90 Å². The third-order valence-corrected chi connectivity index (χ3v) is 12.6. The Bertz CT molecular complexity index is 4670. The molecule has 302 valence electrons. The van der Waals surface area contributed by atoms with Gasteiger partial charge in [-0.2, -0.15) is 0 Å². The first kappa shape index (κ1) is 23.9.